The van der Waals surface area contributed by atoms with E-state index in [4.69, 9.17) is 21.1 Å². The molecule has 1 atom stereocenters. The Labute approximate surface area is 244 Å². The van der Waals surface area contributed by atoms with Gasteiger partial charge < -0.3 is 14.8 Å². The van der Waals surface area contributed by atoms with E-state index >= 15 is 0 Å². The summed E-state index contributed by atoms with van der Waals surface area (Å²) in [5.41, 5.74) is 4.67. The van der Waals surface area contributed by atoms with E-state index in [2.05, 4.69) is 15.8 Å². The second kappa shape index (κ2) is 14.1. The van der Waals surface area contributed by atoms with Gasteiger partial charge in [-0.25, -0.2) is 13.8 Å². The van der Waals surface area contributed by atoms with E-state index in [0.29, 0.717) is 34.1 Å². The lowest BCUT2D eigenvalue weighted by molar-refractivity contribution is -0.123. The first kappa shape index (κ1) is 30.0. The van der Waals surface area contributed by atoms with Gasteiger partial charge >= 0.3 is 0 Å². The Morgan fingerprint density at radius 3 is 2.41 bits per heavy atom. The van der Waals surface area contributed by atoms with E-state index in [1.807, 2.05) is 0 Å². The Morgan fingerprint density at radius 1 is 1.07 bits per heavy atom. The van der Waals surface area contributed by atoms with Crippen LogP contribution in [-0.4, -0.2) is 58.6 Å². The molecule has 0 saturated carbocycles. The first-order valence-corrected chi connectivity index (χ1v) is 15.2. The van der Waals surface area contributed by atoms with Crippen molar-refractivity contribution in [3.63, 3.8) is 0 Å². The SMILES string of the molecule is CS(=O)(=O)N(Cc1ccc(Cl)cc1)c1ccc(C(=O)NN=Cc2ccc(OCC(=O)NCC3CCCO3)cc2)cc1. The van der Waals surface area contributed by atoms with Crippen LogP contribution in [-0.2, 0) is 26.1 Å². The fraction of sp³-hybridized carbons (Fsp3) is 0.276. The average molecular weight is 599 g/mol. The molecule has 0 aromatic heterocycles. The van der Waals surface area contributed by atoms with Crippen molar-refractivity contribution >= 4 is 45.3 Å². The van der Waals surface area contributed by atoms with Crippen molar-refractivity contribution in [1.82, 2.24) is 10.7 Å². The Morgan fingerprint density at radius 2 is 1.78 bits per heavy atom. The van der Waals surface area contributed by atoms with E-state index < -0.39 is 15.9 Å². The Bertz CT molecular complexity index is 1460. The Hall–Kier alpha value is -3.93. The van der Waals surface area contributed by atoms with Gasteiger partial charge in [0.2, 0.25) is 10.0 Å². The van der Waals surface area contributed by atoms with Crippen LogP contribution >= 0.6 is 11.6 Å². The lowest BCUT2D eigenvalue weighted by atomic mass is 10.2. The number of nitrogens with zero attached hydrogens (tertiary/aromatic N) is 2. The van der Waals surface area contributed by atoms with Crippen molar-refractivity contribution in [3.05, 3.63) is 94.5 Å². The van der Waals surface area contributed by atoms with Crippen LogP contribution in [0, 0.1) is 0 Å². The summed E-state index contributed by atoms with van der Waals surface area (Å²) in [4.78, 5) is 24.5. The number of ether oxygens (including phenoxy) is 2. The average Bonchev–Trinajstić information content (AvgIpc) is 3.49. The summed E-state index contributed by atoms with van der Waals surface area (Å²) < 4.78 is 37.1. The van der Waals surface area contributed by atoms with Crippen molar-refractivity contribution < 1.29 is 27.5 Å². The van der Waals surface area contributed by atoms with Crippen molar-refractivity contribution in [2.24, 2.45) is 5.10 Å². The molecule has 0 aliphatic carbocycles. The highest BCUT2D eigenvalue weighted by Gasteiger charge is 2.19. The second-order valence-corrected chi connectivity index (χ2v) is 11.8. The third-order valence-corrected chi connectivity index (χ3v) is 7.63. The number of halogens is 1. The zero-order chi connectivity index (χ0) is 29.2. The van der Waals surface area contributed by atoms with Gasteiger partial charge in [0.25, 0.3) is 11.8 Å². The molecular formula is C29H31ClN4O6S. The number of sulfonamides is 1. The molecule has 12 heteroatoms. The zero-order valence-corrected chi connectivity index (χ0v) is 24.0. The predicted molar refractivity (Wildman–Crippen MR) is 158 cm³/mol. The van der Waals surface area contributed by atoms with Crippen molar-refractivity contribution in [2.75, 3.05) is 30.3 Å². The fourth-order valence-electron chi connectivity index (χ4n) is 4.05. The van der Waals surface area contributed by atoms with Crippen molar-refractivity contribution in [2.45, 2.75) is 25.5 Å². The minimum atomic E-state index is -3.58. The van der Waals surface area contributed by atoms with Gasteiger partial charge in [-0.15, -0.1) is 0 Å². The first-order valence-electron chi connectivity index (χ1n) is 12.9. The van der Waals surface area contributed by atoms with Gasteiger partial charge in [0.1, 0.15) is 5.75 Å². The number of carbonyl (C=O) groups is 2. The van der Waals surface area contributed by atoms with Gasteiger partial charge in [0.05, 0.1) is 30.8 Å². The van der Waals surface area contributed by atoms with Crippen LogP contribution in [0.2, 0.25) is 5.02 Å². The van der Waals surface area contributed by atoms with Gasteiger partial charge in [-0.05, 0) is 84.6 Å². The number of anilines is 1. The fourth-order valence-corrected chi connectivity index (χ4v) is 5.06. The number of carbonyl (C=O) groups excluding carboxylic acids is 2. The van der Waals surface area contributed by atoms with Crippen LogP contribution < -0.4 is 19.8 Å². The van der Waals surface area contributed by atoms with Gasteiger partial charge in [-0.3, -0.25) is 13.9 Å². The van der Waals surface area contributed by atoms with Gasteiger partial charge in [0, 0.05) is 23.7 Å². The zero-order valence-electron chi connectivity index (χ0n) is 22.5. The van der Waals surface area contributed by atoms with Crippen LogP contribution in [0.1, 0.15) is 34.3 Å². The summed E-state index contributed by atoms with van der Waals surface area (Å²) in [6, 6.07) is 20.0. The van der Waals surface area contributed by atoms with Crippen molar-refractivity contribution in [3.8, 4) is 5.75 Å². The molecule has 3 aromatic carbocycles. The van der Waals surface area contributed by atoms with Gasteiger partial charge in [-0.2, -0.15) is 5.10 Å². The summed E-state index contributed by atoms with van der Waals surface area (Å²) in [5, 5.41) is 7.35. The number of rotatable bonds is 12. The van der Waals surface area contributed by atoms with Crippen molar-refractivity contribution in [1.29, 1.82) is 0 Å². The molecule has 41 heavy (non-hydrogen) atoms. The van der Waals surface area contributed by atoms with Crippen LogP contribution in [0.25, 0.3) is 0 Å². The molecule has 4 rings (SSSR count). The lowest BCUT2D eigenvalue weighted by Gasteiger charge is -2.22. The molecule has 10 nitrogen and oxygen atoms in total. The highest BCUT2D eigenvalue weighted by Crippen LogP contribution is 2.22. The molecule has 1 aliphatic rings. The highest BCUT2D eigenvalue weighted by molar-refractivity contribution is 7.92. The van der Waals surface area contributed by atoms with Crippen LogP contribution in [0.5, 0.6) is 5.75 Å². The van der Waals surface area contributed by atoms with Gasteiger partial charge in [-0.1, -0.05) is 23.7 Å². The smallest absolute Gasteiger partial charge is 0.271 e. The first-order chi connectivity index (χ1) is 19.7. The lowest BCUT2D eigenvalue weighted by Crippen LogP contribution is -2.35. The maximum atomic E-state index is 12.5. The van der Waals surface area contributed by atoms with E-state index in [-0.39, 0.29) is 25.2 Å². The molecule has 1 unspecified atom stereocenters. The summed E-state index contributed by atoms with van der Waals surface area (Å²) in [6.07, 6.45) is 4.64. The largest absolute Gasteiger partial charge is 0.484 e. The highest BCUT2D eigenvalue weighted by atomic mass is 35.5. The van der Waals surface area contributed by atoms with E-state index in [0.717, 1.165) is 31.3 Å². The van der Waals surface area contributed by atoms with Crippen LogP contribution in [0.15, 0.2) is 77.9 Å². The molecule has 216 valence electrons. The van der Waals surface area contributed by atoms with E-state index in [1.165, 1.54) is 22.7 Å². The molecule has 2 amide bonds. The number of hydrazone groups is 1. The molecular weight excluding hydrogens is 568 g/mol. The molecule has 2 N–H and O–H groups in total. The Balaban J connectivity index is 1.26. The molecule has 0 radical (unpaired) electrons. The predicted octanol–water partition coefficient (Wildman–Crippen LogP) is 3.74. The number of hydrogen-bond acceptors (Lipinski definition) is 7. The van der Waals surface area contributed by atoms with Crippen LogP contribution in [0.4, 0.5) is 5.69 Å². The standard InChI is InChI=1S/C29H31ClN4O6S/c1-41(37,38)34(19-22-4-10-24(30)11-5-22)25-12-8-23(9-13-25)29(36)33-32-17-21-6-14-26(15-7-21)40-20-28(35)31-18-27-3-2-16-39-27/h4-15,17,27H,2-3,16,18-20H2,1H3,(H,31,35)(H,33,36). The summed E-state index contributed by atoms with van der Waals surface area (Å²) in [6.45, 7) is 1.25. The molecule has 1 aliphatic heterocycles. The third-order valence-electron chi connectivity index (χ3n) is 6.24. The number of benzene rings is 3. The second-order valence-electron chi connectivity index (χ2n) is 9.44. The van der Waals surface area contributed by atoms with Crippen LogP contribution in [0.3, 0.4) is 0 Å². The van der Waals surface area contributed by atoms with Gasteiger partial charge in [0.15, 0.2) is 6.61 Å². The molecule has 1 saturated heterocycles. The third kappa shape index (κ3) is 9.31. The van der Waals surface area contributed by atoms with E-state index in [9.17, 15) is 18.0 Å². The number of nitrogens with one attached hydrogen (secondary N) is 2. The molecule has 3 aromatic rings. The molecule has 0 bridgehead atoms. The maximum absolute atomic E-state index is 12.5. The quantitative estimate of drug-likeness (QED) is 0.242. The minimum Gasteiger partial charge on any atom is -0.484 e. The Kier molecular flexibility index (Phi) is 10.3. The molecule has 1 heterocycles. The summed E-state index contributed by atoms with van der Waals surface area (Å²) in [5.74, 6) is -0.143. The summed E-state index contributed by atoms with van der Waals surface area (Å²) >= 11 is 5.93. The summed E-state index contributed by atoms with van der Waals surface area (Å²) in [7, 11) is -3.58. The number of hydrogen-bond donors (Lipinski definition) is 2. The maximum Gasteiger partial charge on any atom is 0.271 e. The number of amides is 2. The molecule has 0 spiro atoms. The molecule has 1 fully saturated rings. The monoisotopic (exact) mass is 598 g/mol. The van der Waals surface area contributed by atoms with E-state index in [1.54, 1.807) is 60.7 Å². The normalized spacial score (nSPS) is 15.0. The topological polar surface area (TPSA) is 126 Å². The minimum absolute atomic E-state index is 0.0772.